The third kappa shape index (κ3) is 2.80. The first-order valence-electron chi connectivity index (χ1n) is 4.71. The summed E-state index contributed by atoms with van der Waals surface area (Å²) in [5, 5.41) is 3.24. The van der Waals surface area contributed by atoms with E-state index in [0.29, 0.717) is 0 Å². The molecule has 0 bridgehead atoms. The van der Waals surface area contributed by atoms with Gasteiger partial charge in [0.25, 0.3) is 0 Å². The second-order valence-electron chi connectivity index (χ2n) is 3.69. The van der Waals surface area contributed by atoms with Crippen LogP contribution in [0.15, 0.2) is 0 Å². The molecule has 1 rings (SSSR count). The second kappa shape index (κ2) is 4.73. The van der Waals surface area contributed by atoms with Gasteiger partial charge in [0, 0.05) is 0 Å². The van der Waals surface area contributed by atoms with Crippen LogP contribution in [0, 0.1) is 11.8 Å². The molecule has 0 aromatic carbocycles. The van der Waals surface area contributed by atoms with Crippen LogP contribution < -0.4 is 11.1 Å². The summed E-state index contributed by atoms with van der Waals surface area (Å²) in [5.74, 6) is 1.70. The molecule has 0 heterocycles. The Morgan fingerprint density at radius 3 is 2.73 bits per heavy atom. The van der Waals surface area contributed by atoms with Gasteiger partial charge in [0.05, 0.1) is 0 Å². The van der Waals surface area contributed by atoms with Gasteiger partial charge in [-0.05, 0) is 51.2 Å². The van der Waals surface area contributed by atoms with E-state index in [0.717, 1.165) is 18.4 Å². The zero-order chi connectivity index (χ0) is 8.10. The van der Waals surface area contributed by atoms with Gasteiger partial charge in [-0.15, -0.1) is 0 Å². The van der Waals surface area contributed by atoms with Gasteiger partial charge >= 0.3 is 0 Å². The first kappa shape index (κ1) is 9.01. The topological polar surface area (TPSA) is 38.0 Å². The van der Waals surface area contributed by atoms with Crippen molar-refractivity contribution in [3.05, 3.63) is 0 Å². The molecule has 1 aliphatic carbocycles. The molecule has 11 heavy (non-hydrogen) atoms. The first-order valence-corrected chi connectivity index (χ1v) is 4.71. The number of nitrogens with one attached hydrogen (secondary N) is 1. The van der Waals surface area contributed by atoms with E-state index in [4.69, 9.17) is 5.73 Å². The van der Waals surface area contributed by atoms with Crippen molar-refractivity contribution in [2.75, 3.05) is 20.1 Å². The Balaban J connectivity index is 2.21. The Morgan fingerprint density at radius 1 is 1.36 bits per heavy atom. The van der Waals surface area contributed by atoms with Crippen LogP contribution in [0.1, 0.15) is 25.7 Å². The Kier molecular flexibility index (Phi) is 3.87. The van der Waals surface area contributed by atoms with Crippen LogP contribution in [-0.4, -0.2) is 20.1 Å². The van der Waals surface area contributed by atoms with E-state index in [1.165, 1.54) is 32.2 Å². The van der Waals surface area contributed by atoms with Crippen LogP contribution in [0.3, 0.4) is 0 Å². The monoisotopic (exact) mass is 156 g/mol. The lowest BCUT2D eigenvalue weighted by atomic mass is 9.81. The van der Waals surface area contributed by atoms with Gasteiger partial charge in [-0.3, -0.25) is 0 Å². The number of nitrogens with two attached hydrogens (primary N) is 1. The van der Waals surface area contributed by atoms with Crippen molar-refractivity contribution in [1.29, 1.82) is 0 Å². The Bertz CT molecular complexity index is 102. The summed E-state index contributed by atoms with van der Waals surface area (Å²) < 4.78 is 0. The lowest BCUT2D eigenvalue weighted by Gasteiger charge is -2.27. The average Bonchev–Trinajstić information content (AvgIpc) is 2.06. The smallest absolute Gasteiger partial charge is 0.00234 e. The highest BCUT2D eigenvalue weighted by molar-refractivity contribution is 4.74. The highest BCUT2D eigenvalue weighted by Crippen LogP contribution is 2.27. The Morgan fingerprint density at radius 2 is 2.09 bits per heavy atom. The van der Waals surface area contributed by atoms with Gasteiger partial charge in [0.15, 0.2) is 0 Å². The van der Waals surface area contributed by atoms with Crippen LogP contribution in [0.4, 0.5) is 0 Å². The third-order valence-electron chi connectivity index (χ3n) is 2.72. The van der Waals surface area contributed by atoms with E-state index in [2.05, 4.69) is 5.32 Å². The molecular weight excluding hydrogens is 136 g/mol. The molecule has 0 aromatic rings. The van der Waals surface area contributed by atoms with Gasteiger partial charge in [-0.25, -0.2) is 0 Å². The van der Waals surface area contributed by atoms with E-state index in [9.17, 15) is 0 Å². The normalized spacial score (nSPS) is 32.2. The predicted molar refractivity (Wildman–Crippen MR) is 48.4 cm³/mol. The van der Waals surface area contributed by atoms with Crippen LogP contribution in [0.2, 0.25) is 0 Å². The van der Waals surface area contributed by atoms with Gasteiger partial charge in [0.2, 0.25) is 0 Å². The molecule has 0 aromatic heterocycles. The van der Waals surface area contributed by atoms with E-state index in [1.54, 1.807) is 0 Å². The fraction of sp³-hybridized carbons (Fsp3) is 1.00. The van der Waals surface area contributed by atoms with Crippen molar-refractivity contribution < 1.29 is 0 Å². The zero-order valence-electron chi connectivity index (χ0n) is 7.47. The molecule has 2 unspecified atom stereocenters. The van der Waals surface area contributed by atoms with Crippen molar-refractivity contribution in [2.24, 2.45) is 17.6 Å². The predicted octanol–water partition coefficient (Wildman–Crippen LogP) is 0.971. The van der Waals surface area contributed by atoms with E-state index < -0.39 is 0 Å². The molecule has 66 valence electrons. The van der Waals surface area contributed by atoms with E-state index in [1.807, 2.05) is 7.05 Å². The van der Waals surface area contributed by atoms with Crippen LogP contribution in [0.25, 0.3) is 0 Å². The van der Waals surface area contributed by atoms with Gasteiger partial charge < -0.3 is 11.1 Å². The largest absolute Gasteiger partial charge is 0.330 e. The lowest BCUT2D eigenvalue weighted by Crippen LogP contribution is -2.28. The second-order valence-corrected chi connectivity index (χ2v) is 3.69. The quantitative estimate of drug-likeness (QED) is 0.639. The van der Waals surface area contributed by atoms with Crippen molar-refractivity contribution >= 4 is 0 Å². The summed E-state index contributed by atoms with van der Waals surface area (Å²) in [5.41, 5.74) is 5.64. The number of hydrogen-bond acceptors (Lipinski definition) is 2. The number of hydrogen-bond donors (Lipinski definition) is 2. The summed E-state index contributed by atoms with van der Waals surface area (Å²) in [7, 11) is 2.03. The molecule has 0 radical (unpaired) electrons. The summed E-state index contributed by atoms with van der Waals surface area (Å²) in [6.07, 6.45) is 5.49. The maximum absolute atomic E-state index is 5.64. The van der Waals surface area contributed by atoms with E-state index in [-0.39, 0.29) is 0 Å². The van der Waals surface area contributed by atoms with Crippen molar-refractivity contribution in [2.45, 2.75) is 25.7 Å². The van der Waals surface area contributed by atoms with Crippen LogP contribution >= 0.6 is 0 Å². The van der Waals surface area contributed by atoms with Crippen molar-refractivity contribution in [3.63, 3.8) is 0 Å². The zero-order valence-corrected chi connectivity index (χ0v) is 7.47. The number of rotatable bonds is 3. The van der Waals surface area contributed by atoms with Crippen molar-refractivity contribution in [3.8, 4) is 0 Å². The van der Waals surface area contributed by atoms with Crippen LogP contribution in [0.5, 0.6) is 0 Å². The van der Waals surface area contributed by atoms with Crippen LogP contribution in [-0.2, 0) is 0 Å². The fourth-order valence-corrected chi connectivity index (χ4v) is 2.09. The van der Waals surface area contributed by atoms with E-state index >= 15 is 0 Å². The molecule has 2 heteroatoms. The molecule has 1 saturated carbocycles. The van der Waals surface area contributed by atoms with Crippen molar-refractivity contribution in [1.82, 2.24) is 5.32 Å². The maximum atomic E-state index is 5.64. The minimum absolute atomic E-state index is 0.807. The highest BCUT2D eigenvalue weighted by atomic mass is 14.8. The maximum Gasteiger partial charge on any atom is -0.00234 e. The Labute approximate surface area is 69.5 Å². The highest BCUT2D eigenvalue weighted by Gasteiger charge is 2.19. The minimum Gasteiger partial charge on any atom is -0.330 e. The lowest BCUT2D eigenvalue weighted by molar-refractivity contribution is 0.268. The SMILES string of the molecule is CNCC1CCCC(CN)C1. The fourth-order valence-electron chi connectivity index (χ4n) is 2.09. The van der Waals surface area contributed by atoms with Gasteiger partial charge in [0.1, 0.15) is 0 Å². The molecule has 0 aliphatic heterocycles. The third-order valence-corrected chi connectivity index (χ3v) is 2.72. The molecular formula is C9H20N2. The molecule has 3 N–H and O–H groups in total. The van der Waals surface area contributed by atoms with Gasteiger partial charge in [-0.2, -0.15) is 0 Å². The first-order chi connectivity index (χ1) is 5.36. The van der Waals surface area contributed by atoms with Gasteiger partial charge in [-0.1, -0.05) is 6.42 Å². The molecule has 1 aliphatic rings. The Hall–Kier alpha value is -0.0800. The summed E-state index contributed by atoms with van der Waals surface area (Å²) in [6, 6.07) is 0. The molecule has 0 amide bonds. The molecule has 0 spiro atoms. The minimum atomic E-state index is 0.807. The molecule has 2 nitrogen and oxygen atoms in total. The summed E-state index contributed by atoms with van der Waals surface area (Å²) in [6.45, 7) is 2.07. The standard InChI is InChI=1S/C9H20N2/c1-11-7-9-4-2-3-8(5-9)6-10/h8-9,11H,2-7,10H2,1H3. The summed E-state index contributed by atoms with van der Waals surface area (Å²) in [4.78, 5) is 0. The average molecular weight is 156 g/mol. The summed E-state index contributed by atoms with van der Waals surface area (Å²) >= 11 is 0. The molecule has 1 fully saturated rings. The molecule has 0 saturated heterocycles. The molecule has 2 atom stereocenters.